The number of benzene rings is 1. The van der Waals surface area contributed by atoms with Crippen molar-refractivity contribution in [3.8, 4) is 5.75 Å². The zero-order valence-corrected chi connectivity index (χ0v) is 12.2. The van der Waals surface area contributed by atoms with Gasteiger partial charge in [-0.3, -0.25) is 4.98 Å². The van der Waals surface area contributed by atoms with E-state index in [1.54, 1.807) is 0 Å². The van der Waals surface area contributed by atoms with E-state index in [0.29, 0.717) is 6.42 Å². The maximum Gasteiger partial charge on any atom is 0.125 e. The van der Waals surface area contributed by atoms with Crippen LogP contribution in [0.2, 0.25) is 5.02 Å². The highest BCUT2D eigenvalue weighted by molar-refractivity contribution is 6.30. The van der Waals surface area contributed by atoms with Crippen LogP contribution < -0.4 is 10.5 Å². The molecular formula is C16H17ClN2O. The standard InChI is InChI=1S/C16H17ClN2O/c1-10-4-13(9-19-8-10)15(18)7-12-6-14(17)5-11-2-3-20-16(11)12/h4-6,8-9,15H,2-3,7,18H2,1H3. The summed E-state index contributed by atoms with van der Waals surface area (Å²) in [5.74, 6) is 0.963. The average molecular weight is 289 g/mol. The molecule has 0 saturated heterocycles. The van der Waals surface area contributed by atoms with E-state index in [1.807, 2.05) is 31.5 Å². The zero-order chi connectivity index (χ0) is 14.1. The quantitative estimate of drug-likeness (QED) is 0.943. The van der Waals surface area contributed by atoms with Crippen molar-refractivity contribution in [3.63, 3.8) is 0 Å². The van der Waals surface area contributed by atoms with Crippen molar-refractivity contribution in [3.05, 3.63) is 57.9 Å². The van der Waals surface area contributed by atoms with Gasteiger partial charge in [-0.1, -0.05) is 17.7 Å². The summed E-state index contributed by atoms with van der Waals surface area (Å²) in [6.07, 6.45) is 5.28. The van der Waals surface area contributed by atoms with Gasteiger partial charge in [0.15, 0.2) is 0 Å². The largest absolute Gasteiger partial charge is 0.493 e. The Hall–Kier alpha value is -1.58. The monoisotopic (exact) mass is 288 g/mol. The molecule has 0 amide bonds. The highest BCUT2D eigenvalue weighted by Crippen LogP contribution is 2.34. The number of fused-ring (bicyclic) bond motifs is 1. The molecular weight excluding hydrogens is 272 g/mol. The number of pyridine rings is 1. The number of halogens is 1. The van der Waals surface area contributed by atoms with Crippen LogP contribution in [0.25, 0.3) is 0 Å². The van der Waals surface area contributed by atoms with Crippen LogP contribution in [-0.2, 0) is 12.8 Å². The van der Waals surface area contributed by atoms with Crippen LogP contribution in [0.3, 0.4) is 0 Å². The van der Waals surface area contributed by atoms with E-state index >= 15 is 0 Å². The Morgan fingerprint density at radius 3 is 3.00 bits per heavy atom. The minimum atomic E-state index is -0.103. The SMILES string of the molecule is Cc1cncc(C(N)Cc2cc(Cl)cc3c2OCC3)c1. The molecule has 3 rings (SSSR count). The molecule has 0 saturated carbocycles. The molecule has 104 valence electrons. The molecule has 20 heavy (non-hydrogen) atoms. The van der Waals surface area contributed by atoms with Crippen LogP contribution in [0.15, 0.2) is 30.6 Å². The highest BCUT2D eigenvalue weighted by Gasteiger charge is 2.19. The van der Waals surface area contributed by atoms with Crippen molar-refractivity contribution in [1.29, 1.82) is 0 Å². The van der Waals surface area contributed by atoms with Gasteiger partial charge in [0.1, 0.15) is 5.75 Å². The Bertz CT molecular complexity index is 642. The number of nitrogens with zero attached hydrogens (tertiary/aromatic N) is 1. The lowest BCUT2D eigenvalue weighted by molar-refractivity contribution is 0.352. The summed E-state index contributed by atoms with van der Waals surface area (Å²) >= 11 is 6.17. The lowest BCUT2D eigenvalue weighted by Gasteiger charge is -2.15. The third kappa shape index (κ3) is 2.65. The first kappa shape index (κ1) is 13.4. The molecule has 2 N–H and O–H groups in total. The van der Waals surface area contributed by atoms with Crippen molar-refractivity contribution in [1.82, 2.24) is 4.98 Å². The molecule has 2 heterocycles. The van der Waals surface area contributed by atoms with Gasteiger partial charge in [-0.2, -0.15) is 0 Å². The zero-order valence-electron chi connectivity index (χ0n) is 11.4. The van der Waals surface area contributed by atoms with Gasteiger partial charge in [-0.05, 0) is 47.7 Å². The maximum atomic E-state index is 6.30. The molecule has 4 heteroatoms. The molecule has 1 aromatic carbocycles. The van der Waals surface area contributed by atoms with Crippen molar-refractivity contribution in [2.24, 2.45) is 5.73 Å². The van der Waals surface area contributed by atoms with Gasteiger partial charge in [0, 0.05) is 29.9 Å². The number of aryl methyl sites for hydroxylation is 1. The van der Waals surface area contributed by atoms with Gasteiger partial charge in [-0.15, -0.1) is 0 Å². The van der Waals surface area contributed by atoms with Crippen molar-refractivity contribution < 1.29 is 4.74 Å². The Morgan fingerprint density at radius 2 is 2.20 bits per heavy atom. The summed E-state index contributed by atoms with van der Waals surface area (Å²) in [6, 6.07) is 5.90. The third-order valence-corrected chi connectivity index (χ3v) is 3.81. The summed E-state index contributed by atoms with van der Waals surface area (Å²) in [7, 11) is 0. The van der Waals surface area contributed by atoms with Gasteiger partial charge in [0.05, 0.1) is 6.61 Å². The van der Waals surface area contributed by atoms with Crippen LogP contribution in [-0.4, -0.2) is 11.6 Å². The smallest absolute Gasteiger partial charge is 0.125 e. The lowest BCUT2D eigenvalue weighted by Crippen LogP contribution is -2.14. The molecule has 0 fully saturated rings. The fourth-order valence-corrected chi connectivity index (χ4v) is 2.90. The van der Waals surface area contributed by atoms with Crippen molar-refractivity contribution in [2.75, 3.05) is 6.61 Å². The van der Waals surface area contributed by atoms with E-state index in [9.17, 15) is 0 Å². The minimum Gasteiger partial charge on any atom is -0.493 e. The van der Waals surface area contributed by atoms with E-state index in [-0.39, 0.29) is 6.04 Å². The summed E-state index contributed by atoms with van der Waals surface area (Å²) in [6.45, 7) is 2.74. The number of hydrogen-bond acceptors (Lipinski definition) is 3. The summed E-state index contributed by atoms with van der Waals surface area (Å²) < 4.78 is 5.72. The van der Waals surface area contributed by atoms with Crippen molar-refractivity contribution in [2.45, 2.75) is 25.8 Å². The Balaban J connectivity index is 1.88. The third-order valence-electron chi connectivity index (χ3n) is 3.59. The van der Waals surface area contributed by atoms with Crippen molar-refractivity contribution >= 4 is 11.6 Å². The molecule has 1 unspecified atom stereocenters. The number of nitrogens with two attached hydrogens (primary N) is 1. The molecule has 1 aromatic heterocycles. The topological polar surface area (TPSA) is 48.1 Å². The van der Waals surface area contributed by atoms with Gasteiger partial charge in [0.2, 0.25) is 0 Å². The molecule has 1 aliphatic heterocycles. The average Bonchev–Trinajstić information content (AvgIpc) is 2.86. The lowest BCUT2D eigenvalue weighted by atomic mass is 9.98. The summed E-state index contributed by atoms with van der Waals surface area (Å²) in [5.41, 5.74) is 10.7. The second kappa shape index (κ2) is 5.43. The fourth-order valence-electron chi connectivity index (χ4n) is 2.63. The first-order chi connectivity index (χ1) is 9.63. The molecule has 0 spiro atoms. The van der Waals surface area contributed by atoms with Gasteiger partial charge >= 0.3 is 0 Å². The van der Waals surface area contributed by atoms with Crippen LogP contribution >= 0.6 is 11.6 Å². The van der Waals surface area contributed by atoms with Crippen LogP contribution in [0, 0.1) is 6.92 Å². The maximum absolute atomic E-state index is 6.30. The van der Waals surface area contributed by atoms with E-state index < -0.39 is 0 Å². The number of rotatable bonds is 3. The minimum absolute atomic E-state index is 0.103. The predicted molar refractivity (Wildman–Crippen MR) is 80.3 cm³/mol. The second-order valence-electron chi connectivity index (χ2n) is 5.26. The Morgan fingerprint density at radius 1 is 1.35 bits per heavy atom. The first-order valence-electron chi connectivity index (χ1n) is 6.74. The van der Waals surface area contributed by atoms with Gasteiger partial charge in [0.25, 0.3) is 0 Å². The summed E-state index contributed by atoms with van der Waals surface area (Å²) in [5, 5.41) is 0.749. The van der Waals surface area contributed by atoms with Crippen LogP contribution in [0.5, 0.6) is 5.75 Å². The van der Waals surface area contributed by atoms with Crippen LogP contribution in [0.1, 0.15) is 28.3 Å². The van der Waals surface area contributed by atoms with Gasteiger partial charge in [-0.25, -0.2) is 0 Å². The number of aromatic nitrogens is 1. The molecule has 0 aliphatic carbocycles. The van der Waals surface area contributed by atoms with E-state index in [2.05, 4.69) is 11.1 Å². The predicted octanol–water partition coefficient (Wildman–Crippen LogP) is 3.22. The normalized spacial score (nSPS) is 14.8. The number of ether oxygens (including phenoxy) is 1. The molecule has 2 aromatic rings. The molecule has 3 nitrogen and oxygen atoms in total. The molecule has 0 radical (unpaired) electrons. The van der Waals surface area contributed by atoms with E-state index in [1.165, 1.54) is 5.56 Å². The first-order valence-corrected chi connectivity index (χ1v) is 7.12. The Labute approximate surface area is 123 Å². The molecule has 0 bridgehead atoms. The van der Waals surface area contributed by atoms with E-state index in [4.69, 9.17) is 22.1 Å². The number of hydrogen-bond donors (Lipinski definition) is 1. The fraction of sp³-hybridized carbons (Fsp3) is 0.312. The second-order valence-corrected chi connectivity index (χ2v) is 5.69. The van der Waals surface area contributed by atoms with Gasteiger partial charge < -0.3 is 10.5 Å². The highest BCUT2D eigenvalue weighted by atomic mass is 35.5. The van der Waals surface area contributed by atoms with Crippen LogP contribution in [0.4, 0.5) is 0 Å². The summed E-state index contributed by atoms with van der Waals surface area (Å²) in [4.78, 5) is 4.20. The molecule has 1 atom stereocenters. The van der Waals surface area contributed by atoms with E-state index in [0.717, 1.165) is 40.5 Å². The molecule has 1 aliphatic rings. The Kier molecular flexibility index (Phi) is 3.64.